The normalized spacial score (nSPS) is 12.4. The standard InChI is InChI=1S/C28H32N6O3.C25H27F3N6O3.C25H26N8O2.C24H27N5O4/c1-32-19-20(17-30-32)27-18-29-25-9-8-21(15-26(25)31-27)34(12-6-11-33-10-5-4-7-28(33)35)22-13-23(36-2)16-24(14-22)37-3;1-33-15-16(12-31-33)23-13-30-21-5-4-17(10-22(21)32-23)34(7-6-29-14-24(35)25(26,27)28)18-8-19(36-2)11-20(9-18)37-3;1-17-27-16-29-33(17)8-7-32(20-9-21(34-3)12-22(10-20)35-4)19-5-6-23-24(11-19)30-25(14-26-23)18-13-28-31(2)15-18;1-28-13-16(11-26-28)24-12-25-22-6-5-17(9-23(22)27-24)29(14-19(30)15-31-2)18-7-20(32-3)10-21(8-18)33-4/h8-9,13-19H,4-7,10-12H2,1-3H3;4-5,8-13,15,24,29,35H,6-7,14H2,1-3H3;5-6,9-16H,7-8H2,1-4H3;5-13,19,30H,14-15H2,1-4H3/t;;;19-/m...0/s1. The van der Waals surface area contributed by atoms with Crippen molar-refractivity contribution in [2.75, 3.05) is 143 Å². The van der Waals surface area contributed by atoms with Crippen LogP contribution in [0.4, 0.5) is 58.7 Å². The molecule has 18 rings (SSSR count). The summed E-state index contributed by atoms with van der Waals surface area (Å²) in [5.41, 5.74) is 19.4. The molecule has 40 heteroatoms. The number of alkyl halides is 3. The quantitative estimate of drug-likeness (QED) is 0.0307. The lowest BCUT2D eigenvalue weighted by Gasteiger charge is -2.30. The van der Waals surface area contributed by atoms with Crippen LogP contribution in [0.2, 0.25) is 0 Å². The second kappa shape index (κ2) is 46.5. The van der Waals surface area contributed by atoms with Gasteiger partial charge in [0, 0.05) is 253 Å². The van der Waals surface area contributed by atoms with Gasteiger partial charge in [0.05, 0.1) is 199 Å². The van der Waals surface area contributed by atoms with Crippen molar-refractivity contribution in [1.82, 2.24) is 104 Å². The first kappa shape index (κ1) is 100. The van der Waals surface area contributed by atoms with E-state index in [1.54, 1.807) is 149 Å². The fraction of sp³-hybridized carbons (Fsp3) is 0.304. The fourth-order valence-electron chi connectivity index (χ4n) is 16.1. The van der Waals surface area contributed by atoms with Crippen LogP contribution in [0.15, 0.2) is 226 Å². The maximum absolute atomic E-state index is 12.7. The smallest absolute Gasteiger partial charge is 0.415 e. The number of likely N-dealkylation sites (tertiary alicyclic amines) is 1. The number of hydrogen-bond acceptors (Lipinski definition) is 31. The van der Waals surface area contributed by atoms with Crippen molar-refractivity contribution in [3.63, 3.8) is 0 Å². The highest BCUT2D eigenvalue weighted by Crippen LogP contribution is 2.41. The van der Waals surface area contributed by atoms with E-state index >= 15 is 0 Å². The molecule has 0 aliphatic carbocycles. The molecule has 8 aromatic carbocycles. The van der Waals surface area contributed by atoms with E-state index in [0.29, 0.717) is 101 Å². The van der Waals surface area contributed by atoms with Crippen LogP contribution >= 0.6 is 0 Å². The molecule has 10 heterocycles. The van der Waals surface area contributed by atoms with Gasteiger partial charge in [-0.05, 0) is 99.0 Å². The summed E-state index contributed by atoms with van der Waals surface area (Å²) in [6.45, 7) is 5.83. The zero-order chi connectivity index (χ0) is 100. The molecule has 17 aromatic rings. The van der Waals surface area contributed by atoms with Gasteiger partial charge in [-0.1, -0.05) is 0 Å². The predicted octanol–water partition coefficient (Wildman–Crippen LogP) is 15.3. The Balaban J connectivity index is 0.000000143. The molecule has 738 valence electrons. The number of aliphatic hydroxyl groups excluding tert-OH is 2. The molecule has 0 spiro atoms. The molecule has 1 amide bonds. The third kappa shape index (κ3) is 25.3. The number of anilines is 8. The van der Waals surface area contributed by atoms with E-state index in [4.69, 9.17) is 62.6 Å². The van der Waals surface area contributed by atoms with E-state index in [1.807, 2.05) is 188 Å². The van der Waals surface area contributed by atoms with E-state index in [9.17, 15) is 28.2 Å². The number of benzene rings is 8. The highest BCUT2D eigenvalue weighted by Gasteiger charge is 2.38. The minimum Gasteiger partial charge on any atom is -0.497 e. The molecule has 9 aromatic heterocycles. The highest BCUT2D eigenvalue weighted by atomic mass is 19.4. The molecule has 1 saturated heterocycles. The molecule has 2 atom stereocenters. The predicted molar refractivity (Wildman–Crippen MR) is 536 cm³/mol. The summed E-state index contributed by atoms with van der Waals surface area (Å²) in [4.78, 5) is 64.4. The first-order valence-corrected chi connectivity index (χ1v) is 45.6. The summed E-state index contributed by atoms with van der Waals surface area (Å²) in [5.74, 6) is 6.36. The summed E-state index contributed by atoms with van der Waals surface area (Å²) in [5, 5.41) is 43.8. The number of aryl methyl sites for hydroxylation is 5. The van der Waals surface area contributed by atoms with Crippen molar-refractivity contribution in [1.29, 1.82) is 0 Å². The zero-order valence-electron chi connectivity index (χ0n) is 81.3. The Morgan fingerprint density at radius 3 is 1.04 bits per heavy atom. The van der Waals surface area contributed by atoms with Gasteiger partial charge in [0.2, 0.25) is 5.91 Å². The number of nitrogens with one attached hydrogen (secondary N) is 1. The van der Waals surface area contributed by atoms with E-state index in [-0.39, 0.29) is 25.6 Å². The van der Waals surface area contributed by atoms with Gasteiger partial charge in [-0.25, -0.2) is 29.6 Å². The maximum Gasteiger partial charge on any atom is 0.415 e. The van der Waals surface area contributed by atoms with Crippen LogP contribution in [0.5, 0.6) is 46.0 Å². The topological polar surface area (TPSA) is 374 Å². The molecule has 1 aliphatic heterocycles. The van der Waals surface area contributed by atoms with E-state index < -0.39 is 24.9 Å². The summed E-state index contributed by atoms with van der Waals surface area (Å²) in [6, 6.07) is 46.1. The van der Waals surface area contributed by atoms with Crippen molar-refractivity contribution in [3.8, 4) is 91.0 Å². The summed E-state index contributed by atoms with van der Waals surface area (Å²) < 4.78 is 95.9. The van der Waals surface area contributed by atoms with Crippen molar-refractivity contribution in [2.45, 2.75) is 57.5 Å². The van der Waals surface area contributed by atoms with Gasteiger partial charge in [0.15, 0.2) is 6.10 Å². The second-order valence-corrected chi connectivity index (χ2v) is 33.3. The monoisotopic (exact) mass is 1940 g/mol. The Morgan fingerprint density at radius 1 is 0.394 bits per heavy atom. The number of amides is 1. The van der Waals surface area contributed by atoms with Crippen LogP contribution in [0.25, 0.3) is 89.2 Å². The maximum atomic E-state index is 12.7. The average Bonchev–Trinajstić information content (AvgIpc) is 1.20. The van der Waals surface area contributed by atoms with E-state index in [0.717, 1.165) is 150 Å². The van der Waals surface area contributed by atoms with Crippen molar-refractivity contribution < 1.29 is 70.8 Å². The zero-order valence-corrected chi connectivity index (χ0v) is 81.3. The molecule has 0 saturated carbocycles. The average molecular weight is 1940 g/mol. The number of methoxy groups -OCH3 is 9. The van der Waals surface area contributed by atoms with Crippen LogP contribution in [0, 0.1) is 6.92 Å². The first-order valence-electron chi connectivity index (χ1n) is 45.6. The van der Waals surface area contributed by atoms with Crippen LogP contribution in [-0.4, -0.2) is 256 Å². The summed E-state index contributed by atoms with van der Waals surface area (Å²) in [7, 11) is 21.9. The molecule has 3 N–H and O–H groups in total. The Morgan fingerprint density at radius 2 is 0.732 bits per heavy atom. The third-order valence-electron chi connectivity index (χ3n) is 23.5. The van der Waals surface area contributed by atoms with Crippen molar-refractivity contribution >= 4 is 95.5 Å². The lowest BCUT2D eigenvalue weighted by molar-refractivity contribution is -0.201. The number of rotatable bonds is 36. The number of aromatic nitrogens is 19. The number of halogens is 3. The molecule has 1 aliphatic rings. The van der Waals surface area contributed by atoms with Gasteiger partial charge in [0.25, 0.3) is 0 Å². The molecular weight excluding hydrogens is 1820 g/mol. The minimum atomic E-state index is -4.68. The third-order valence-corrected chi connectivity index (χ3v) is 23.5. The Hall–Kier alpha value is -16.2. The SMILES string of the molecule is COC[C@@H](O)CN(c1cc(OC)cc(OC)c1)c1ccc2ncc(-c3cnn(C)c3)nc2c1.COc1cc(OC)cc(N(CCCN2CCCCC2=O)c2ccc3ncc(-c4cnn(C)c4)nc3c2)c1.COc1cc(OC)cc(N(CCNCC(O)C(F)(F)F)c2ccc3ncc(-c4cnn(C)c4)nc3c2)c1.COc1cc(OC)cc(N(CCn2ncnc2C)c2ccc3ncc(-c4cnn(C)c4)nc3c2)c1. The van der Waals surface area contributed by atoms with Gasteiger partial charge in [-0.2, -0.15) is 38.7 Å². The van der Waals surface area contributed by atoms with Crippen molar-refractivity contribution in [2.24, 2.45) is 28.2 Å². The summed E-state index contributed by atoms with van der Waals surface area (Å²) >= 11 is 0. The minimum absolute atomic E-state index is 0.159. The van der Waals surface area contributed by atoms with E-state index in [1.165, 1.54) is 14.2 Å². The van der Waals surface area contributed by atoms with Crippen molar-refractivity contribution in [3.05, 3.63) is 232 Å². The Labute approximate surface area is 817 Å². The molecule has 1 fully saturated rings. The number of ether oxygens (including phenoxy) is 9. The van der Waals surface area contributed by atoms with Gasteiger partial charge in [0.1, 0.15) is 58.1 Å². The van der Waals surface area contributed by atoms with Gasteiger partial charge >= 0.3 is 6.18 Å². The lowest BCUT2D eigenvalue weighted by atomic mass is 10.1. The number of carbonyl (C=O) groups excluding carboxylic acids is 1. The van der Waals surface area contributed by atoms with Crippen LogP contribution in [-0.2, 0) is 44.3 Å². The molecule has 0 bridgehead atoms. The fourth-order valence-corrected chi connectivity index (χ4v) is 16.1. The van der Waals surface area contributed by atoms with Crippen LogP contribution < -0.4 is 62.8 Å². The molecule has 1 unspecified atom stereocenters. The number of nitrogens with zero attached hydrogens (tertiary/aromatic N) is 24. The second-order valence-electron chi connectivity index (χ2n) is 33.3. The number of piperidine rings is 1. The number of carbonyl (C=O) groups is 1. The lowest BCUT2D eigenvalue weighted by Crippen LogP contribution is -2.40. The summed E-state index contributed by atoms with van der Waals surface area (Å²) in [6.07, 6.45) is 18.9. The van der Waals surface area contributed by atoms with Gasteiger partial charge in [-0.15, -0.1) is 0 Å². The van der Waals surface area contributed by atoms with E-state index in [2.05, 4.69) is 77.7 Å². The van der Waals surface area contributed by atoms with Gasteiger partial charge < -0.3 is 82.7 Å². The molecular formula is C102H112F3N25O12. The Kier molecular flexibility index (Phi) is 32.8. The van der Waals surface area contributed by atoms with Crippen LogP contribution in [0.1, 0.15) is 31.5 Å². The van der Waals surface area contributed by atoms with Crippen LogP contribution in [0.3, 0.4) is 0 Å². The number of hydrogen-bond donors (Lipinski definition) is 3. The van der Waals surface area contributed by atoms with Gasteiger partial charge in [-0.3, -0.25) is 43.5 Å². The number of fused-ring (bicyclic) bond motifs is 4. The Bertz CT molecular complexity index is 7070. The first-order chi connectivity index (χ1) is 68.7. The molecule has 37 nitrogen and oxygen atoms in total. The number of aliphatic hydroxyl groups is 2. The molecule has 0 radical (unpaired) electrons. The molecule has 142 heavy (non-hydrogen) atoms. The highest BCUT2D eigenvalue weighted by molar-refractivity contribution is 5.87. The largest absolute Gasteiger partial charge is 0.497 e.